The van der Waals surface area contributed by atoms with E-state index >= 15 is 0 Å². The highest BCUT2D eigenvalue weighted by Crippen LogP contribution is 2.55. The van der Waals surface area contributed by atoms with Gasteiger partial charge in [-0.1, -0.05) is 0 Å². The van der Waals surface area contributed by atoms with Crippen molar-refractivity contribution in [2.24, 2.45) is 17.8 Å². The van der Waals surface area contributed by atoms with Crippen LogP contribution in [0, 0.1) is 17.8 Å². The zero-order chi connectivity index (χ0) is 16.2. The van der Waals surface area contributed by atoms with Gasteiger partial charge < -0.3 is 10.4 Å². The molecule has 0 aliphatic heterocycles. The van der Waals surface area contributed by atoms with Crippen molar-refractivity contribution in [1.82, 2.24) is 15.1 Å². The Kier molecular flexibility index (Phi) is 3.25. The van der Waals surface area contributed by atoms with E-state index in [-0.39, 0.29) is 11.4 Å². The lowest BCUT2D eigenvalue weighted by molar-refractivity contribution is -0.140. The summed E-state index contributed by atoms with van der Waals surface area (Å²) in [6, 6.07) is 0.761. The van der Waals surface area contributed by atoms with E-state index in [1.54, 1.807) is 6.07 Å². The Morgan fingerprint density at radius 3 is 2.35 bits per heavy atom. The quantitative estimate of drug-likeness (QED) is 0.892. The predicted molar refractivity (Wildman–Crippen MR) is 82.9 cm³/mol. The second-order valence-electron chi connectivity index (χ2n) is 7.83. The number of amides is 1. The minimum atomic E-state index is -0.988. The average Bonchev–Trinajstić information content (AvgIpc) is 2.93. The highest BCUT2D eigenvalue weighted by Gasteiger charge is 2.51. The van der Waals surface area contributed by atoms with Crippen LogP contribution in [0.3, 0.4) is 0 Å². The highest BCUT2D eigenvalue weighted by atomic mass is 16.4. The Labute approximate surface area is 135 Å². The van der Waals surface area contributed by atoms with Crippen LogP contribution in [0.25, 0.3) is 0 Å². The van der Waals surface area contributed by atoms with E-state index in [1.807, 2.05) is 0 Å². The average molecular weight is 317 g/mol. The Balaban J connectivity index is 1.55. The number of carboxylic acids is 1. The van der Waals surface area contributed by atoms with E-state index in [0.29, 0.717) is 5.69 Å². The molecule has 4 aliphatic carbocycles. The summed E-state index contributed by atoms with van der Waals surface area (Å²) in [6.07, 6.45) is 8.69. The van der Waals surface area contributed by atoms with Gasteiger partial charge in [0.2, 0.25) is 0 Å². The molecule has 1 amide bonds. The van der Waals surface area contributed by atoms with Crippen LogP contribution in [0.2, 0.25) is 0 Å². The van der Waals surface area contributed by atoms with Crippen molar-refractivity contribution in [3.63, 3.8) is 0 Å². The molecule has 0 aromatic carbocycles. The fourth-order valence-electron chi connectivity index (χ4n) is 5.48. The molecule has 5 rings (SSSR count). The normalized spacial score (nSPS) is 36.0. The summed E-state index contributed by atoms with van der Waals surface area (Å²) < 4.78 is 1.30. The van der Waals surface area contributed by atoms with Gasteiger partial charge in [0.15, 0.2) is 0 Å². The maximum absolute atomic E-state index is 12.8. The van der Waals surface area contributed by atoms with Crippen molar-refractivity contribution < 1.29 is 14.7 Å². The molecule has 0 radical (unpaired) electrons. The Morgan fingerprint density at radius 1 is 1.26 bits per heavy atom. The summed E-state index contributed by atoms with van der Waals surface area (Å²) in [5.41, 5.74) is 0.267. The van der Waals surface area contributed by atoms with Crippen molar-refractivity contribution >= 4 is 11.9 Å². The molecule has 1 atom stereocenters. The van der Waals surface area contributed by atoms with Crippen LogP contribution in [-0.2, 0) is 4.79 Å². The third kappa shape index (κ3) is 2.44. The standard InChI is InChI=1S/C17H23N3O3/c1-10(16(22)23)20-14(2-3-18-20)15(21)19-17-7-11-4-12(8-17)6-13(5-11)9-17/h2-3,10-13H,4-9H2,1H3,(H,19,21)(H,22,23). The number of carbonyl (C=O) groups is 2. The number of aromatic nitrogens is 2. The van der Waals surface area contributed by atoms with Crippen molar-refractivity contribution in [2.75, 3.05) is 0 Å². The number of rotatable bonds is 4. The monoisotopic (exact) mass is 317 g/mol. The first-order chi connectivity index (χ1) is 11.0. The summed E-state index contributed by atoms with van der Waals surface area (Å²) in [6.45, 7) is 1.54. The molecule has 0 spiro atoms. The number of nitrogens with zero attached hydrogens (tertiary/aromatic N) is 2. The second kappa shape index (κ2) is 5.08. The molecule has 23 heavy (non-hydrogen) atoms. The van der Waals surface area contributed by atoms with Crippen molar-refractivity contribution in [2.45, 2.75) is 57.0 Å². The van der Waals surface area contributed by atoms with E-state index < -0.39 is 12.0 Å². The summed E-state index contributed by atoms with van der Waals surface area (Å²) >= 11 is 0. The van der Waals surface area contributed by atoms with Crippen LogP contribution in [0.4, 0.5) is 0 Å². The van der Waals surface area contributed by atoms with Gasteiger partial charge >= 0.3 is 5.97 Å². The molecule has 4 saturated carbocycles. The van der Waals surface area contributed by atoms with Crippen LogP contribution in [0.15, 0.2) is 12.3 Å². The smallest absolute Gasteiger partial charge is 0.328 e. The van der Waals surface area contributed by atoms with Gasteiger partial charge in [-0.25, -0.2) is 9.48 Å². The number of hydrogen-bond donors (Lipinski definition) is 2. The first kappa shape index (κ1) is 14.7. The molecule has 6 heteroatoms. The van der Waals surface area contributed by atoms with E-state index in [9.17, 15) is 14.7 Å². The molecule has 124 valence electrons. The topological polar surface area (TPSA) is 84.2 Å². The maximum Gasteiger partial charge on any atom is 0.328 e. The fourth-order valence-corrected chi connectivity index (χ4v) is 5.48. The van der Waals surface area contributed by atoms with E-state index in [2.05, 4.69) is 10.4 Å². The van der Waals surface area contributed by atoms with Gasteiger partial charge in [-0.15, -0.1) is 0 Å². The Hall–Kier alpha value is -1.85. The van der Waals surface area contributed by atoms with Gasteiger partial charge in [-0.05, 0) is 69.3 Å². The minimum Gasteiger partial charge on any atom is -0.480 e. The molecule has 0 saturated heterocycles. The van der Waals surface area contributed by atoms with Gasteiger partial charge in [0.25, 0.3) is 5.91 Å². The number of aliphatic carboxylic acids is 1. The third-order valence-corrected chi connectivity index (χ3v) is 6.04. The molecule has 4 bridgehead atoms. The molecule has 2 N–H and O–H groups in total. The van der Waals surface area contributed by atoms with Crippen molar-refractivity contribution in [1.29, 1.82) is 0 Å². The zero-order valence-corrected chi connectivity index (χ0v) is 13.4. The number of carboxylic acid groups (broad SMARTS) is 1. The lowest BCUT2D eigenvalue weighted by atomic mass is 9.53. The third-order valence-electron chi connectivity index (χ3n) is 6.04. The largest absolute Gasteiger partial charge is 0.480 e. The number of hydrogen-bond acceptors (Lipinski definition) is 3. The summed E-state index contributed by atoms with van der Waals surface area (Å²) in [5, 5.41) is 16.5. The highest BCUT2D eigenvalue weighted by molar-refractivity contribution is 5.93. The molecule has 1 aromatic heterocycles. The van der Waals surface area contributed by atoms with Crippen LogP contribution in [-0.4, -0.2) is 32.3 Å². The Bertz CT molecular complexity index is 616. The molecule has 4 aliphatic rings. The molecule has 1 unspecified atom stereocenters. The predicted octanol–water partition coefficient (Wildman–Crippen LogP) is 2.23. The van der Waals surface area contributed by atoms with Gasteiger partial charge in [-0.3, -0.25) is 4.79 Å². The zero-order valence-electron chi connectivity index (χ0n) is 13.4. The van der Waals surface area contributed by atoms with Crippen LogP contribution < -0.4 is 5.32 Å². The molecular weight excluding hydrogens is 294 g/mol. The molecule has 4 fully saturated rings. The fraction of sp³-hybridized carbons (Fsp3) is 0.706. The van der Waals surface area contributed by atoms with Gasteiger partial charge in [-0.2, -0.15) is 5.10 Å². The van der Waals surface area contributed by atoms with Crippen molar-refractivity contribution in [3.05, 3.63) is 18.0 Å². The lowest BCUT2D eigenvalue weighted by Crippen LogP contribution is -2.60. The van der Waals surface area contributed by atoms with E-state index in [1.165, 1.54) is 37.1 Å². The molecule has 1 heterocycles. The van der Waals surface area contributed by atoms with Crippen LogP contribution in [0.5, 0.6) is 0 Å². The lowest BCUT2D eigenvalue weighted by Gasteiger charge is -2.56. The minimum absolute atomic E-state index is 0.0760. The van der Waals surface area contributed by atoms with E-state index in [4.69, 9.17) is 0 Å². The second-order valence-corrected chi connectivity index (χ2v) is 7.83. The molecule has 6 nitrogen and oxygen atoms in total. The number of carbonyl (C=O) groups excluding carboxylic acids is 1. The van der Waals surface area contributed by atoms with E-state index in [0.717, 1.165) is 37.0 Å². The van der Waals surface area contributed by atoms with Gasteiger partial charge in [0.05, 0.1) is 0 Å². The first-order valence-corrected chi connectivity index (χ1v) is 8.54. The first-order valence-electron chi connectivity index (χ1n) is 8.54. The number of nitrogens with one attached hydrogen (secondary N) is 1. The van der Waals surface area contributed by atoms with Gasteiger partial charge in [0, 0.05) is 11.7 Å². The summed E-state index contributed by atoms with van der Waals surface area (Å²) in [7, 11) is 0. The summed E-state index contributed by atoms with van der Waals surface area (Å²) in [4.78, 5) is 24.0. The SMILES string of the molecule is CC(C(=O)O)n1nccc1C(=O)NC12CC3CC(CC(C3)C1)C2. The maximum atomic E-state index is 12.8. The van der Waals surface area contributed by atoms with Crippen molar-refractivity contribution in [3.8, 4) is 0 Å². The van der Waals surface area contributed by atoms with Crippen LogP contribution in [0.1, 0.15) is 62.0 Å². The molecule has 1 aromatic rings. The summed E-state index contributed by atoms with van der Waals surface area (Å²) in [5.74, 6) is 1.09. The molecular formula is C17H23N3O3. The van der Waals surface area contributed by atoms with Crippen LogP contribution >= 0.6 is 0 Å². The van der Waals surface area contributed by atoms with Gasteiger partial charge in [0.1, 0.15) is 11.7 Å². The Morgan fingerprint density at radius 2 is 1.83 bits per heavy atom.